The Hall–Kier alpha value is -0.890. The fourth-order valence-electron chi connectivity index (χ4n) is 3.84. The maximum atomic E-state index is 12.3. The first-order valence-electron chi connectivity index (χ1n) is 8.16. The molecular weight excluding hydrogens is 362 g/mol. The Bertz CT molecular complexity index is 591. The highest BCUT2D eigenvalue weighted by Gasteiger charge is 2.52. The van der Waals surface area contributed by atoms with E-state index in [0.717, 1.165) is 39.2 Å². The van der Waals surface area contributed by atoms with Gasteiger partial charge < -0.3 is 19.0 Å². The maximum absolute atomic E-state index is 12.3. The highest BCUT2D eigenvalue weighted by Crippen LogP contribution is 2.38. The molecule has 1 amide bonds. The first-order chi connectivity index (χ1) is 11.0. The predicted octanol–water partition coefficient (Wildman–Crippen LogP) is 1.27. The number of hydrogen-bond acceptors (Lipinski definition) is 5. The standard InChI is InChI=1S/C16H22BrN3O3/c1-18-4-6-19(7-5-18)12-8-16(22-9-12)10-20(11-16)15(21)13-2-3-14(17)23-13/h2-3,12H,4-11H2,1H3. The number of furan rings is 1. The van der Waals surface area contributed by atoms with Crippen molar-refractivity contribution in [3.63, 3.8) is 0 Å². The van der Waals surface area contributed by atoms with E-state index in [2.05, 4.69) is 32.8 Å². The molecule has 1 atom stereocenters. The summed E-state index contributed by atoms with van der Waals surface area (Å²) in [7, 11) is 2.17. The minimum absolute atomic E-state index is 0.0482. The number of hydrogen-bond donors (Lipinski definition) is 0. The Balaban J connectivity index is 1.32. The fraction of sp³-hybridized carbons (Fsp3) is 0.688. The average Bonchev–Trinajstić information content (AvgIpc) is 3.12. The second kappa shape index (κ2) is 5.88. The molecule has 3 saturated heterocycles. The molecular formula is C16H22BrN3O3. The Labute approximate surface area is 144 Å². The number of ether oxygens (including phenoxy) is 1. The molecule has 0 aromatic carbocycles. The van der Waals surface area contributed by atoms with Crippen molar-refractivity contribution in [2.45, 2.75) is 18.1 Å². The number of likely N-dealkylation sites (N-methyl/N-ethyl adjacent to an activating group) is 1. The highest BCUT2D eigenvalue weighted by molar-refractivity contribution is 9.10. The molecule has 1 aromatic heterocycles. The van der Waals surface area contributed by atoms with Gasteiger partial charge in [0, 0.05) is 32.2 Å². The molecule has 4 rings (SSSR count). The smallest absolute Gasteiger partial charge is 0.289 e. The third kappa shape index (κ3) is 2.95. The van der Waals surface area contributed by atoms with Crippen molar-refractivity contribution < 1.29 is 13.9 Å². The van der Waals surface area contributed by atoms with Gasteiger partial charge >= 0.3 is 0 Å². The van der Waals surface area contributed by atoms with E-state index in [1.165, 1.54) is 0 Å². The molecule has 0 aliphatic carbocycles. The topological polar surface area (TPSA) is 49.2 Å². The summed E-state index contributed by atoms with van der Waals surface area (Å²) in [6.45, 7) is 6.62. The molecule has 3 fully saturated rings. The summed E-state index contributed by atoms with van der Waals surface area (Å²) < 4.78 is 12.0. The summed E-state index contributed by atoms with van der Waals surface area (Å²) in [4.78, 5) is 19.1. The Kier molecular flexibility index (Phi) is 3.99. The number of halogens is 1. The van der Waals surface area contributed by atoms with Crippen LogP contribution in [0.5, 0.6) is 0 Å². The van der Waals surface area contributed by atoms with Crippen LogP contribution in [0.3, 0.4) is 0 Å². The van der Waals surface area contributed by atoms with Crippen molar-refractivity contribution in [3.8, 4) is 0 Å². The van der Waals surface area contributed by atoms with Gasteiger partial charge in [-0.2, -0.15) is 0 Å². The van der Waals surface area contributed by atoms with Gasteiger partial charge in [0.15, 0.2) is 10.4 Å². The summed E-state index contributed by atoms with van der Waals surface area (Å²) in [5.41, 5.74) is -0.131. The lowest BCUT2D eigenvalue weighted by molar-refractivity contribution is -0.0957. The number of amides is 1. The van der Waals surface area contributed by atoms with Crippen molar-refractivity contribution >= 4 is 21.8 Å². The van der Waals surface area contributed by atoms with Crippen LogP contribution in [0, 0.1) is 0 Å². The monoisotopic (exact) mass is 383 g/mol. The van der Waals surface area contributed by atoms with Crippen molar-refractivity contribution in [3.05, 3.63) is 22.6 Å². The van der Waals surface area contributed by atoms with Crippen LogP contribution in [0.2, 0.25) is 0 Å². The van der Waals surface area contributed by atoms with Crippen LogP contribution in [-0.2, 0) is 4.74 Å². The van der Waals surface area contributed by atoms with Crippen molar-refractivity contribution in [1.29, 1.82) is 0 Å². The van der Waals surface area contributed by atoms with Gasteiger partial charge in [-0.05, 0) is 41.5 Å². The van der Waals surface area contributed by atoms with E-state index in [-0.39, 0.29) is 11.5 Å². The SMILES string of the molecule is CN1CCN(C2COC3(C2)CN(C(=O)c2ccc(Br)o2)C3)CC1. The van der Waals surface area contributed by atoms with Gasteiger partial charge in [0.2, 0.25) is 0 Å². The molecule has 1 spiro atoms. The number of carbonyl (C=O) groups excluding carboxylic acids is 1. The lowest BCUT2D eigenvalue weighted by atomic mass is 9.88. The maximum Gasteiger partial charge on any atom is 0.289 e. The van der Waals surface area contributed by atoms with Gasteiger partial charge in [-0.3, -0.25) is 9.69 Å². The molecule has 3 aliphatic heterocycles. The largest absolute Gasteiger partial charge is 0.444 e. The van der Waals surface area contributed by atoms with E-state index >= 15 is 0 Å². The van der Waals surface area contributed by atoms with Crippen molar-refractivity contribution in [2.24, 2.45) is 0 Å². The molecule has 0 radical (unpaired) electrons. The zero-order chi connectivity index (χ0) is 16.0. The fourth-order valence-corrected chi connectivity index (χ4v) is 4.15. The van der Waals surface area contributed by atoms with Gasteiger partial charge in [-0.1, -0.05) is 0 Å². The number of carbonyl (C=O) groups is 1. The van der Waals surface area contributed by atoms with Crippen molar-refractivity contribution in [2.75, 3.05) is 52.9 Å². The predicted molar refractivity (Wildman–Crippen MR) is 88.5 cm³/mol. The van der Waals surface area contributed by atoms with Crippen LogP contribution < -0.4 is 0 Å². The van der Waals surface area contributed by atoms with Gasteiger partial charge in [0.05, 0.1) is 19.7 Å². The van der Waals surface area contributed by atoms with E-state index in [4.69, 9.17) is 9.15 Å². The number of likely N-dealkylation sites (tertiary alicyclic amines) is 1. The molecule has 3 aliphatic rings. The molecule has 0 bridgehead atoms. The number of nitrogens with zero attached hydrogens (tertiary/aromatic N) is 3. The van der Waals surface area contributed by atoms with Gasteiger partial charge in [-0.15, -0.1) is 0 Å². The molecule has 4 heterocycles. The normalized spacial score (nSPS) is 28.3. The van der Waals surface area contributed by atoms with Crippen LogP contribution >= 0.6 is 15.9 Å². The minimum atomic E-state index is -0.131. The summed E-state index contributed by atoms with van der Waals surface area (Å²) >= 11 is 3.23. The lowest BCUT2D eigenvalue weighted by Gasteiger charge is -2.47. The quantitative estimate of drug-likeness (QED) is 0.769. The number of piperazine rings is 1. The van der Waals surface area contributed by atoms with Gasteiger partial charge in [0.25, 0.3) is 5.91 Å². The molecule has 6 nitrogen and oxygen atoms in total. The summed E-state index contributed by atoms with van der Waals surface area (Å²) in [6.07, 6.45) is 1.03. The molecule has 126 valence electrons. The van der Waals surface area contributed by atoms with Crippen LogP contribution in [0.25, 0.3) is 0 Å². The molecule has 0 N–H and O–H groups in total. The first-order valence-corrected chi connectivity index (χ1v) is 8.95. The summed E-state index contributed by atoms with van der Waals surface area (Å²) in [5.74, 6) is 0.341. The van der Waals surface area contributed by atoms with E-state index in [1.807, 2.05) is 4.90 Å². The van der Waals surface area contributed by atoms with Crippen LogP contribution in [0.4, 0.5) is 0 Å². The highest BCUT2D eigenvalue weighted by atomic mass is 79.9. The molecule has 1 aromatic rings. The van der Waals surface area contributed by atoms with E-state index < -0.39 is 0 Å². The second-order valence-electron chi connectivity index (χ2n) is 6.96. The Morgan fingerprint density at radius 1 is 1.26 bits per heavy atom. The molecule has 1 unspecified atom stereocenters. The molecule has 23 heavy (non-hydrogen) atoms. The van der Waals surface area contributed by atoms with E-state index in [0.29, 0.717) is 29.6 Å². The van der Waals surface area contributed by atoms with Crippen LogP contribution in [0.1, 0.15) is 17.0 Å². The third-order valence-corrected chi connectivity index (χ3v) is 5.70. The summed E-state index contributed by atoms with van der Waals surface area (Å²) in [6, 6.07) is 3.96. The Morgan fingerprint density at radius 2 is 2.00 bits per heavy atom. The second-order valence-corrected chi connectivity index (χ2v) is 7.74. The lowest BCUT2D eigenvalue weighted by Crippen LogP contribution is -2.63. The van der Waals surface area contributed by atoms with Crippen molar-refractivity contribution in [1.82, 2.24) is 14.7 Å². The Morgan fingerprint density at radius 3 is 2.65 bits per heavy atom. The number of rotatable bonds is 2. The summed E-state index contributed by atoms with van der Waals surface area (Å²) in [5, 5.41) is 0. The van der Waals surface area contributed by atoms with Gasteiger partial charge in [0.1, 0.15) is 5.60 Å². The average molecular weight is 384 g/mol. The van der Waals surface area contributed by atoms with Crippen LogP contribution in [0.15, 0.2) is 21.2 Å². The third-order valence-electron chi connectivity index (χ3n) is 5.27. The zero-order valence-electron chi connectivity index (χ0n) is 13.3. The minimum Gasteiger partial charge on any atom is -0.444 e. The zero-order valence-corrected chi connectivity index (χ0v) is 14.9. The molecule has 7 heteroatoms. The molecule has 0 saturated carbocycles. The van der Waals surface area contributed by atoms with E-state index in [9.17, 15) is 4.79 Å². The first kappa shape index (κ1) is 15.6. The van der Waals surface area contributed by atoms with Gasteiger partial charge in [-0.25, -0.2) is 0 Å². The van der Waals surface area contributed by atoms with E-state index in [1.54, 1.807) is 12.1 Å². The van der Waals surface area contributed by atoms with Crippen LogP contribution in [-0.4, -0.2) is 85.2 Å².